The van der Waals surface area contributed by atoms with Crippen molar-refractivity contribution in [2.24, 2.45) is 0 Å². The fraction of sp³-hybridized carbons (Fsp3) is 0.278. The molecule has 0 saturated carbocycles. The first-order chi connectivity index (χ1) is 12.4. The third-order valence-corrected chi connectivity index (χ3v) is 6.35. The molecule has 0 radical (unpaired) electrons. The number of urea groups is 1. The van der Waals surface area contributed by atoms with Gasteiger partial charge in [-0.3, -0.25) is 0 Å². The quantitative estimate of drug-likeness (QED) is 0.816. The number of anilines is 1. The van der Waals surface area contributed by atoms with Gasteiger partial charge in [0.25, 0.3) is 0 Å². The zero-order valence-electron chi connectivity index (χ0n) is 14.1. The molecule has 8 heteroatoms. The summed E-state index contributed by atoms with van der Waals surface area (Å²) in [6, 6.07) is 13.1. The monoisotopic (exact) mass is 393 g/mol. The van der Waals surface area contributed by atoms with Crippen molar-refractivity contribution in [1.82, 2.24) is 9.62 Å². The molecule has 0 spiro atoms. The lowest BCUT2D eigenvalue weighted by Gasteiger charge is -2.15. The van der Waals surface area contributed by atoms with Crippen LogP contribution >= 0.6 is 11.6 Å². The van der Waals surface area contributed by atoms with Gasteiger partial charge < -0.3 is 10.6 Å². The van der Waals surface area contributed by atoms with Gasteiger partial charge in [-0.05, 0) is 54.8 Å². The molecule has 2 N–H and O–H groups in total. The smallest absolute Gasteiger partial charge is 0.319 e. The number of sulfonamides is 1. The number of halogens is 1. The van der Waals surface area contributed by atoms with E-state index in [2.05, 4.69) is 10.6 Å². The van der Waals surface area contributed by atoms with Crippen molar-refractivity contribution >= 4 is 33.3 Å². The molecular weight excluding hydrogens is 374 g/mol. The molecule has 0 atom stereocenters. The van der Waals surface area contributed by atoms with Gasteiger partial charge in [-0.1, -0.05) is 23.7 Å². The van der Waals surface area contributed by atoms with Gasteiger partial charge in [-0.25, -0.2) is 13.2 Å². The van der Waals surface area contributed by atoms with Crippen LogP contribution in [0.25, 0.3) is 0 Å². The summed E-state index contributed by atoms with van der Waals surface area (Å²) in [6.45, 7) is 1.45. The van der Waals surface area contributed by atoms with Gasteiger partial charge >= 0.3 is 6.03 Å². The number of hydrogen-bond acceptors (Lipinski definition) is 3. The Morgan fingerprint density at radius 3 is 2.23 bits per heavy atom. The molecule has 3 rings (SSSR count). The molecule has 2 aromatic rings. The van der Waals surface area contributed by atoms with Crippen molar-refractivity contribution in [3.8, 4) is 0 Å². The highest BCUT2D eigenvalue weighted by atomic mass is 35.5. The van der Waals surface area contributed by atoms with E-state index < -0.39 is 10.0 Å². The Morgan fingerprint density at radius 1 is 1.00 bits per heavy atom. The van der Waals surface area contributed by atoms with Crippen molar-refractivity contribution in [1.29, 1.82) is 0 Å². The molecule has 26 heavy (non-hydrogen) atoms. The zero-order valence-corrected chi connectivity index (χ0v) is 15.7. The van der Waals surface area contributed by atoms with Gasteiger partial charge in [0, 0.05) is 30.3 Å². The van der Waals surface area contributed by atoms with Crippen LogP contribution in [0, 0.1) is 0 Å². The molecule has 1 aliphatic rings. The number of benzene rings is 2. The number of hydrogen-bond donors (Lipinski definition) is 2. The van der Waals surface area contributed by atoms with Crippen LogP contribution in [0.3, 0.4) is 0 Å². The van der Waals surface area contributed by atoms with E-state index in [1.165, 1.54) is 4.31 Å². The molecule has 0 bridgehead atoms. The summed E-state index contributed by atoms with van der Waals surface area (Å²) >= 11 is 5.80. The van der Waals surface area contributed by atoms with E-state index in [9.17, 15) is 13.2 Å². The normalized spacial score (nSPS) is 15.0. The van der Waals surface area contributed by atoms with Crippen LogP contribution in [0.15, 0.2) is 53.4 Å². The molecule has 6 nitrogen and oxygen atoms in total. The summed E-state index contributed by atoms with van der Waals surface area (Å²) in [6.07, 6.45) is 1.81. The van der Waals surface area contributed by atoms with Crippen molar-refractivity contribution in [2.45, 2.75) is 24.3 Å². The molecule has 2 amide bonds. The number of carbonyl (C=O) groups excluding carboxylic acids is 1. The standard InChI is InChI=1S/C18H20ClN3O3S/c19-15-5-7-16(8-6-15)21-18(23)20-13-14-3-9-17(10-4-14)26(24,25)22-11-1-2-12-22/h3-10H,1-2,11-13H2,(H2,20,21,23). The average molecular weight is 394 g/mol. The van der Waals surface area contributed by atoms with Crippen LogP contribution in [0.1, 0.15) is 18.4 Å². The number of carbonyl (C=O) groups is 1. The van der Waals surface area contributed by atoms with E-state index in [0.717, 1.165) is 18.4 Å². The first kappa shape index (κ1) is 18.7. The fourth-order valence-corrected chi connectivity index (χ4v) is 4.39. The highest BCUT2D eigenvalue weighted by Crippen LogP contribution is 2.21. The Hall–Kier alpha value is -2.09. The SMILES string of the molecule is O=C(NCc1ccc(S(=O)(=O)N2CCCC2)cc1)Nc1ccc(Cl)cc1. The van der Waals surface area contributed by atoms with Gasteiger partial charge in [-0.2, -0.15) is 4.31 Å². The van der Waals surface area contributed by atoms with Crippen molar-refractivity contribution in [2.75, 3.05) is 18.4 Å². The maximum Gasteiger partial charge on any atom is 0.319 e. The lowest BCUT2D eigenvalue weighted by atomic mass is 10.2. The van der Waals surface area contributed by atoms with Gasteiger partial charge in [-0.15, -0.1) is 0 Å². The van der Waals surface area contributed by atoms with Gasteiger partial charge in [0.15, 0.2) is 0 Å². The van der Waals surface area contributed by atoms with E-state index in [1.807, 2.05) is 0 Å². The van der Waals surface area contributed by atoms with Crippen LogP contribution in [-0.2, 0) is 16.6 Å². The Morgan fingerprint density at radius 2 is 1.62 bits per heavy atom. The van der Waals surface area contributed by atoms with Crippen LogP contribution in [0.5, 0.6) is 0 Å². The average Bonchev–Trinajstić information content (AvgIpc) is 3.18. The summed E-state index contributed by atoms with van der Waals surface area (Å²) in [4.78, 5) is 12.2. The second-order valence-corrected chi connectivity index (χ2v) is 8.44. The summed E-state index contributed by atoms with van der Waals surface area (Å²) in [5, 5.41) is 6.03. The van der Waals surface area contributed by atoms with Crippen LogP contribution in [-0.4, -0.2) is 31.8 Å². The van der Waals surface area contributed by atoms with Crippen molar-refractivity contribution < 1.29 is 13.2 Å². The van der Waals surface area contributed by atoms with Gasteiger partial charge in [0.05, 0.1) is 4.90 Å². The number of rotatable bonds is 5. The second kappa shape index (κ2) is 8.07. The van der Waals surface area contributed by atoms with Gasteiger partial charge in [0.1, 0.15) is 0 Å². The third kappa shape index (κ3) is 4.55. The first-order valence-electron chi connectivity index (χ1n) is 8.35. The second-order valence-electron chi connectivity index (χ2n) is 6.07. The molecule has 1 fully saturated rings. The zero-order chi connectivity index (χ0) is 18.6. The van der Waals surface area contributed by atoms with Crippen molar-refractivity contribution in [3.05, 3.63) is 59.1 Å². The van der Waals surface area contributed by atoms with E-state index in [0.29, 0.717) is 30.3 Å². The van der Waals surface area contributed by atoms with E-state index in [1.54, 1.807) is 48.5 Å². The highest BCUT2D eigenvalue weighted by molar-refractivity contribution is 7.89. The lowest BCUT2D eigenvalue weighted by molar-refractivity contribution is 0.251. The van der Waals surface area contributed by atoms with Gasteiger partial charge in [0.2, 0.25) is 10.0 Å². The highest BCUT2D eigenvalue weighted by Gasteiger charge is 2.26. The lowest BCUT2D eigenvalue weighted by Crippen LogP contribution is -2.28. The fourth-order valence-electron chi connectivity index (χ4n) is 2.75. The molecule has 138 valence electrons. The van der Waals surface area contributed by atoms with Crippen molar-refractivity contribution in [3.63, 3.8) is 0 Å². The maximum absolute atomic E-state index is 12.5. The summed E-state index contributed by atoms with van der Waals surface area (Å²) in [5.41, 5.74) is 1.45. The van der Waals surface area contributed by atoms with Crippen LogP contribution in [0.4, 0.5) is 10.5 Å². The number of nitrogens with one attached hydrogen (secondary N) is 2. The predicted molar refractivity (Wildman–Crippen MR) is 102 cm³/mol. The van der Waals surface area contributed by atoms with E-state index in [4.69, 9.17) is 11.6 Å². The van der Waals surface area contributed by atoms with Crippen LogP contribution < -0.4 is 10.6 Å². The largest absolute Gasteiger partial charge is 0.334 e. The van der Waals surface area contributed by atoms with E-state index >= 15 is 0 Å². The number of amides is 2. The molecular formula is C18H20ClN3O3S. The molecule has 0 unspecified atom stereocenters. The Bertz CT molecular complexity index is 862. The molecule has 0 aromatic heterocycles. The number of nitrogens with zero attached hydrogens (tertiary/aromatic N) is 1. The Balaban J connectivity index is 1.55. The molecule has 1 heterocycles. The van der Waals surface area contributed by atoms with Crippen LogP contribution in [0.2, 0.25) is 5.02 Å². The summed E-state index contributed by atoms with van der Waals surface area (Å²) < 4.78 is 26.5. The Labute approximate surface area is 158 Å². The third-order valence-electron chi connectivity index (χ3n) is 4.18. The van der Waals surface area contributed by atoms with E-state index in [-0.39, 0.29) is 10.9 Å². The molecule has 2 aromatic carbocycles. The summed E-state index contributed by atoms with van der Waals surface area (Å²) in [5.74, 6) is 0. The molecule has 0 aliphatic carbocycles. The Kier molecular flexibility index (Phi) is 5.80. The predicted octanol–water partition coefficient (Wildman–Crippen LogP) is 3.45. The minimum atomic E-state index is -3.41. The minimum Gasteiger partial charge on any atom is -0.334 e. The first-order valence-corrected chi connectivity index (χ1v) is 10.2. The maximum atomic E-state index is 12.5. The molecule has 1 aliphatic heterocycles. The minimum absolute atomic E-state index is 0.286. The summed E-state index contributed by atoms with van der Waals surface area (Å²) in [7, 11) is -3.41. The molecule has 1 saturated heterocycles. The topological polar surface area (TPSA) is 78.5 Å².